The summed E-state index contributed by atoms with van der Waals surface area (Å²) in [6.45, 7) is 0. The van der Waals surface area contributed by atoms with Crippen molar-refractivity contribution in [1.82, 2.24) is 24.1 Å². The molecule has 0 N–H and O–H groups in total. The number of nitrogens with zero attached hydrogens (tertiary/aromatic N) is 6. The third-order valence-electron chi connectivity index (χ3n) is 25.0. The molecule has 616 valence electrons. The Bertz CT molecular complexity index is 8190. The van der Waals surface area contributed by atoms with Gasteiger partial charge in [-0.15, -0.1) is 0 Å². The molecule has 131 heavy (non-hydrogen) atoms. The van der Waals surface area contributed by atoms with Gasteiger partial charge in [0, 0.05) is 84.7 Å². The molecular formula is C121H81AlN6O3. The van der Waals surface area contributed by atoms with Gasteiger partial charge in [0.05, 0.1) is 22.1 Å². The molecule has 0 aliphatic heterocycles. The van der Waals surface area contributed by atoms with Crippen LogP contribution >= 0.6 is 0 Å². The summed E-state index contributed by atoms with van der Waals surface area (Å²) in [5.74, 6) is 1.82. The number of pyridine rings is 3. The fourth-order valence-corrected chi connectivity index (χ4v) is 20.5. The van der Waals surface area contributed by atoms with Gasteiger partial charge < -0.3 is 25.4 Å². The number of hydrogen-bond donors (Lipinski definition) is 0. The fourth-order valence-electron chi connectivity index (χ4n) is 19.2. The van der Waals surface area contributed by atoms with Crippen LogP contribution in [0.3, 0.4) is 0 Å². The minimum atomic E-state index is -2.86. The van der Waals surface area contributed by atoms with E-state index < -0.39 is 15.1 Å². The minimum absolute atomic E-state index is 0.608. The molecule has 0 saturated carbocycles. The van der Waals surface area contributed by atoms with Crippen LogP contribution < -0.4 is 16.3 Å². The molecule has 20 aromatic carbocycles. The lowest BCUT2D eigenvalue weighted by Crippen LogP contribution is -2.37. The van der Waals surface area contributed by atoms with E-state index in [-0.39, 0.29) is 0 Å². The minimum Gasteiger partial charge on any atom is -0.576 e. The SMILES string of the molecule is c1ccc(-c2c3ccccc3c(-c3ccc(-n4c5ccccc5c5ccccc54)cc3)c3ccccc23)cc1.c1ccc(-c2c3ccccc3c(-c3ccc(N(c4ccccc4)c4ccc(-c5ccc6c(c5)c5ccccc5n6-c5ccccc5)cc4)cc3)c3ccccc23)cc1.c1cnc2c([O][Al]([O]c3cccc4cccnc34)[O]c3cccc4cccnc34)cccc2c1. The Balaban J connectivity index is 0.000000117. The smallest absolute Gasteiger partial charge is 0.576 e. The second-order valence-corrected chi connectivity index (χ2v) is 33.9. The van der Waals surface area contributed by atoms with E-state index in [2.05, 4.69) is 411 Å². The van der Waals surface area contributed by atoms with E-state index in [9.17, 15) is 0 Å². The normalized spacial score (nSPS) is 11.4. The van der Waals surface area contributed by atoms with Crippen molar-refractivity contribution >= 4 is 152 Å². The average Bonchev–Trinajstić information content (AvgIpc) is 1.72. The summed E-state index contributed by atoms with van der Waals surface area (Å²) in [4.78, 5) is 15.9. The van der Waals surface area contributed by atoms with E-state index >= 15 is 0 Å². The standard InChI is InChI=1S/C56H38N2.C38H25N.3C9H7NO.Al/c1-4-16-40(17-5-1)55-48-23-10-12-25-50(48)56(51-26-13-11-24-49(51)55)41-30-35-46(36-31-41)57(43-18-6-2-7-19-43)45-33-28-39(29-34-45)42-32-37-54-52(38-42)47-22-14-15-27-53(47)58(54)44-20-8-3-9-21-44;1-2-12-26(13-3-1)37-31-16-4-6-18-33(31)38(34-19-7-5-17-32(34)37)27-22-24-28(25-23-27)39-35-20-10-8-14-29(35)30-15-9-11-21-36(30)39;3*11-8-5-1-3-7-4-2-6-10-9(7)8;/h1-38H;1-25H;3*1-6,11H;/q;;;;;+3/p-3. The van der Waals surface area contributed by atoms with Gasteiger partial charge in [-0.05, 0) is 226 Å². The van der Waals surface area contributed by atoms with Crippen molar-refractivity contribution < 1.29 is 11.4 Å². The van der Waals surface area contributed by atoms with Crippen LogP contribution in [0, 0.1) is 0 Å². The highest BCUT2D eigenvalue weighted by Gasteiger charge is 2.46. The van der Waals surface area contributed by atoms with Crippen LogP contribution in [0.5, 0.6) is 17.2 Å². The third kappa shape index (κ3) is 14.9. The maximum absolute atomic E-state index is 6.41. The van der Waals surface area contributed by atoms with Crippen LogP contribution in [0.25, 0.3) is 186 Å². The zero-order valence-electron chi connectivity index (χ0n) is 71.3. The summed E-state index contributed by atoms with van der Waals surface area (Å²) in [5.41, 5.74) is 25.2. The molecule has 0 atom stereocenters. The molecule has 5 heterocycles. The van der Waals surface area contributed by atoms with Crippen molar-refractivity contribution in [3.63, 3.8) is 0 Å². The molecule has 0 aliphatic rings. The fraction of sp³-hybridized carbons (Fsp3) is 0. The summed E-state index contributed by atoms with van der Waals surface area (Å²) in [6, 6.07) is 168. The first-order chi connectivity index (χ1) is 65.0. The number of hydrogen-bond acceptors (Lipinski definition) is 7. The highest BCUT2D eigenvalue weighted by Crippen LogP contribution is 2.48. The molecule has 0 radical (unpaired) electrons. The highest BCUT2D eigenvalue weighted by atomic mass is 27.3. The van der Waals surface area contributed by atoms with Gasteiger partial charge in [0.2, 0.25) is 0 Å². The molecule has 0 bridgehead atoms. The molecule has 0 unspecified atom stereocenters. The van der Waals surface area contributed by atoms with E-state index in [1.165, 1.54) is 154 Å². The number of aromatic nitrogens is 5. The van der Waals surface area contributed by atoms with Gasteiger partial charge in [0.1, 0.15) is 33.8 Å². The quantitative estimate of drug-likeness (QED) is 0.0704. The van der Waals surface area contributed by atoms with Gasteiger partial charge >= 0.3 is 15.1 Å². The van der Waals surface area contributed by atoms with E-state index in [4.69, 9.17) is 11.4 Å². The van der Waals surface area contributed by atoms with Gasteiger partial charge in [0.15, 0.2) is 0 Å². The predicted molar refractivity (Wildman–Crippen MR) is 546 cm³/mol. The number of fused-ring (bicyclic) bond motifs is 13. The summed E-state index contributed by atoms with van der Waals surface area (Å²) in [6.07, 6.45) is 5.24. The van der Waals surface area contributed by atoms with E-state index in [1.807, 2.05) is 91.0 Å². The second kappa shape index (κ2) is 34.7. The Hall–Kier alpha value is -17.0. The van der Waals surface area contributed by atoms with Crippen LogP contribution in [0.4, 0.5) is 17.1 Å². The van der Waals surface area contributed by atoms with Crippen molar-refractivity contribution in [2.45, 2.75) is 0 Å². The second-order valence-electron chi connectivity index (χ2n) is 32.7. The number of anilines is 3. The maximum atomic E-state index is 6.41. The van der Waals surface area contributed by atoms with Gasteiger partial charge in [-0.1, -0.05) is 346 Å². The van der Waals surface area contributed by atoms with Crippen LogP contribution in [-0.2, 0) is 0 Å². The van der Waals surface area contributed by atoms with Crippen molar-refractivity contribution in [3.05, 3.63) is 492 Å². The largest absolute Gasteiger partial charge is 1.20 e. The molecule has 0 fully saturated rings. The topological polar surface area (TPSA) is 79.5 Å². The van der Waals surface area contributed by atoms with Crippen LogP contribution in [0.1, 0.15) is 0 Å². The summed E-state index contributed by atoms with van der Waals surface area (Å²) < 4.78 is 24.0. The van der Waals surface area contributed by atoms with Gasteiger partial charge in [-0.3, -0.25) is 15.0 Å². The molecule has 0 spiro atoms. The molecule has 0 saturated heterocycles. The molecule has 0 amide bonds. The number of para-hydroxylation sites is 8. The lowest BCUT2D eigenvalue weighted by molar-refractivity contribution is 0.311. The first-order valence-corrected chi connectivity index (χ1v) is 45.7. The van der Waals surface area contributed by atoms with Gasteiger partial charge in [-0.2, -0.15) is 0 Å². The molecule has 9 nitrogen and oxygen atoms in total. The average molecular weight is 1690 g/mol. The number of rotatable bonds is 16. The molecule has 0 aliphatic carbocycles. The molecule has 25 rings (SSSR count). The number of benzene rings is 20. The van der Waals surface area contributed by atoms with E-state index in [0.29, 0.717) is 17.2 Å². The molecule has 25 aromatic rings. The monoisotopic (exact) mass is 1690 g/mol. The first-order valence-electron chi connectivity index (χ1n) is 44.3. The lowest BCUT2D eigenvalue weighted by Gasteiger charge is -2.26. The third-order valence-corrected chi connectivity index (χ3v) is 26.4. The maximum Gasteiger partial charge on any atom is 1.20 e. The van der Waals surface area contributed by atoms with Gasteiger partial charge in [0.25, 0.3) is 0 Å². The summed E-state index contributed by atoms with van der Waals surface area (Å²) in [5, 5.41) is 18.2. The Morgan fingerprint density at radius 1 is 0.191 bits per heavy atom. The Kier molecular flexibility index (Phi) is 20.9. The first kappa shape index (κ1) is 78.7. The summed E-state index contributed by atoms with van der Waals surface area (Å²) in [7, 11) is 0. The molecule has 5 aromatic heterocycles. The van der Waals surface area contributed by atoms with Crippen molar-refractivity contribution in [1.29, 1.82) is 0 Å². The Morgan fingerprint density at radius 2 is 0.458 bits per heavy atom. The molecular weight excluding hydrogens is 1610 g/mol. The van der Waals surface area contributed by atoms with Gasteiger partial charge in [-0.25, -0.2) is 0 Å². The highest BCUT2D eigenvalue weighted by molar-refractivity contribution is 6.40. The Morgan fingerprint density at radius 3 is 0.832 bits per heavy atom. The zero-order chi connectivity index (χ0) is 86.9. The van der Waals surface area contributed by atoms with E-state index in [1.54, 1.807) is 18.6 Å². The van der Waals surface area contributed by atoms with Crippen LogP contribution in [-0.4, -0.2) is 39.2 Å². The van der Waals surface area contributed by atoms with E-state index in [0.717, 1.165) is 49.8 Å². The van der Waals surface area contributed by atoms with Crippen molar-refractivity contribution in [2.24, 2.45) is 0 Å². The van der Waals surface area contributed by atoms with Crippen LogP contribution in [0.15, 0.2) is 492 Å². The summed E-state index contributed by atoms with van der Waals surface area (Å²) >= 11 is -2.86. The van der Waals surface area contributed by atoms with Crippen LogP contribution in [0.2, 0.25) is 0 Å². The Labute approximate surface area is 762 Å². The zero-order valence-corrected chi connectivity index (χ0v) is 72.4. The van der Waals surface area contributed by atoms with Crippen molar-refractivity contribution in [3.8, 4) is 84.3 Å². The predicted octanol–water partition coefficient (Wildman–Crippen LogP) is 31.8. The molecule has 10 heteroatoms. The lowest BCUT2D eigenvalue weighted by atomic mass is 9.86. The van der Waals surface area contributed by atoms with Crippen molar-refractivity contribution in [2.75, 3.05) is 4.90 Å².